The van der Waals surface area contributed by atoms with E-state index in [1.807, 2.05) is 0 Å². The number of hydrogen-bond donors (Lipinski definition) is 4. The Labute approximate surface area is 81.4 Å². The van der Waals surface area contributed by atoms with Crippen molar-refractivity contribution in [1.82, 2.24) is 4.90 Å². The van der Waals surface area contributed by atoms with Crippen LogP contribution in [0, 0.1) is 0 Å². The monoisotopic (exact) mass is 205 g/mol. The summed E-state index contributed by atoms with van der Waals surface area (Å²) in [5.74, 6) is -1.01. The molecule has 82 valence electrons. The number of carboxylic acids is 1. The topological polar surface area (TPSA) is 101 Å². The highest BCUT2D eigenvalue weighted by molar-refractivity contribution is 5.74. The number of carbonyl (C=O) groups is 1. The molecule has 6 nitrogen and oxygen atoms in total. The van der Waals surface area contributed by atoms with E-state index in [1.165, 1.54) is 4.90 Å². The molecule has 0 aromatic carbocycles. The molecule has 1 rings (SSSR count). The van der Waals surface area contributed by atoms with Crippen LogP contribution in [-0.4, -0.2) is 69.2 Å². The zero-order valence-corrected chi connectivity index (χ0v) is 7.70. The molecule has 1 heterocycles. The first-order valence-corrected chi connectivity index (χ1v) is 4.48. The first kappa shape index (κ1) is 11.4. The molecular weight excluding hydrogens is 190 g/mol. The Morgan fingerprint density at radius 2 is 2.21 bits per heavy atom. The van der Waals surface area contributed by atoms with E-state index in [4.69, 9.17) is 15.3 Å². The molecule has 0 bridgehead atoms. The third kappa shape index (κ3) is 2.65. The van der Waals surface area contributed by atoms with Crippen molar-refractivity contribution in [1.29, 1.82) is 0 Å². The van der Waals surface area contributed by atoms with Crippen LogP contribution in [0.3, 0.4) is 0 Å². The molecule has 0 aliphatic carbocycles. The van der Waals surface area contributed by atoms with Crippen molar-refractivity contribution < 1.29 is 25.2 Å². The van der Waals surface area contributed by atoms with Gasteiger partial charge in [0, 0.05) is 19.5 Å². The molecule has 1 aliphatic heterocycles. The van der Waals surface area contributed by atoms with E-state index >= 15 is 0 Å². The minimum absolute atomic E-state index is 0.0739. The normalized spacial score (nSPS) is 30.5. The number of nitrogens with zero attached hydrogens (tertiary/aromatic N) is 1. The molecule has 1 aliphatic rings. The molecule has 0 amide bonds. The van der Waals surface area contributed by atoms with Gasteiger partial charge in [0.2, 0.25) is 0 Å². The molecule has 3 atom stereocenters. The van der Waals surface area contributed by atoms with Crippen molar-refractivity contribution in [3.63, 3.8) is 0 Å². The summed E-state index contributed by atoms with van der Waals surface area (Å²) in [6.07, 6.45) is -1.45. The summed E-state index contributed by atoms with van der Waals surface area (Å²) in [6, 6.07) is -0.758. The lowest BCUT2D eigenvalue weighted by Crippen LogP contribution is -2.41. The molecule has 0 spiro atoms. The van der Waals surface area contributed by atoms with E-state index < -0.39 is 30.8 Å². The van der Waals surface area contributed by atoms with Gasteiger partial charge < -0.3 is 20.4 Å². The lowest BCUT2D eigenvalue weighted by molar-refractivity contribution is -0.142. The fourth-order valence-electron chi connectivity index (χ4n) is 1.67. The van der Waals surface area contributed by atoms with Crippen LogP contribution < -0.4 is 0 Å². The summed E-state index contributed by atoms with van der Waals surface area (Å²) in [5, 5.41) is 35.8. The maximum absolute atomic E-state index is 10.7. The number of rotatable bonds is 4. The first-order chi connectivity index (χ1) is 6.54. The number of aliphatic hydroxyl groups is 3. The highest BCUT2D eigenvalue weighted by Crippen LogP contribution is 2.18. The SMILES string of the molecule is O=C(O)C1CC(O)CN1CC(O)CO. The Morgan fingerprint density at radius 3 is 2.71 bits per heavy atom. The Kier molecular flexibility index (Phi) is 3.82. The van der Waals surface area contributed by atoms with Gasteiger partial charge in [0.1, 0.15) is 6.04 Å². The van der Waals surface area contributed by atoms with Crippen LogP contribution >= 0.6 is 0 Å². The van der Waals surface area contributed by atoms with Gasteiger partial charge in [0.25, 0.3) is 0 Å². The van der Waals surface area contributed by atoms with Crippen LogP contribution in [0.5, 0.6) is 0 Å². The number of aliphatic hydroxyl groups excluding tert-OH is 3. The summed E-state index contributed by atoms with van der Waals surface area (Å²) < 4.78 is 0. The fourth-order valence-corrected chi connectivity index (χ4v) is 1.67. The molecule has 6 heteroatoms. The zero-order chi connectivity index (χ0) is 10.7. The van der Waals surface area contributed by atoms with Gasteiger partial charge in [-0.1, -0.05) is 0 Å². The van der Waals surface area contributed by atoms with Crippen molar-refractivity contribution in [3.8, 4) is 0 Å². The van der Waals surface area contributed by atoms with Gasteiger partial charge in [-0.25, -0.2) is 0 Å². The molecule has 0 aromatic rings. The van der Waals surface area contributed by atoms with Gasteiger partial charge in [-0.15, -0.1) is 0 Å². The van der Waals surface area contributed by atoms with Crippen molar-refractivity contribution in [2.24, 2.45) is 0 Å². The van der Waals surface area contributed by atoms with Crippen LogP contribution in [0.2, 0.25) is 0 Å². The van der Waals surface area contributed by atoms with Crippen molar-refractivity contribution >= 4 is 5.97 Å². The highest BCUT2D eigenvalue weighted by Gasteiger charge is 2.36. The molecule has 14 heavy (non-hydrogen) atoms. The summed E-state index contributed by atoms with van der Waals surface area (Å²) in [4.78, 5) is 12.2. The zero-order valence-electron chi connectivity index (χ0n) is 7.70. The van der Waals surface area contributed by atoms with Crippen LogP contribution in [0.15, 0.2) is 0 Å². The Bertz CT molecular complexity index is 210. The molecule has 0 radical (unpaired) electrons. The molecule has 1 fully saturated rings. The van der Waals surface area contributed by atoms with Gasteiger partial charge in [-0.2, -0.15) is 0 Å². The first-order valence-electron chi connectivity index (χ1n) is 4.48. The standard InChI is InChI=1S/C8H15NO5/c10-4-6(12)3-9-2-5(11)1-7(9)8(13)14/h5-7,10-12H,1-4H2,(H,13,14). The van der Waals surface area contributed by atoms with Gasteiger partial charge in [-0.05, 0) is 0 Å². The number of β-amino-alcohol motifs (C(OH)–C–C–N with tert-alkyl or cyclic N) is 2. The molecule has 1 saturated heterocycles. The third-order valence-electron chi connectivity index (χ3n) is 2.32. The van der Waals surface area contributed by atoms with E-state index in [1.54, 1.807) is 0 Å². The van der Waals surface area contributed by atoms with E-state index in [0.717, 1.165) is 0 Å². The van der Waals surface area contributed by atoms with E-state index in [0.29, 0.717) is 0 Å². The van der Waals surface area contributed by atoms with Gasteiger partial charge in [-0.3, -0.25) is 9.69 Å². The molecule has 0 aromatic heterocycles. The van der Waals surface area contributed by atoms with Gasteiger partial charge >= 0.3 is 5.97 Å². The van der Waals surface area contributed by atoms with Crippen LogP contribution in [0.1, 0.15) is 6.42 Å². The number of hydrogen-bond acceptors (Lipinski definition) is 5. The largest absolute Gasteiger partial charge is 0.480 e. The number of aliphatic carboxylic acids is 1. The molecule has 3 unspecified atom stereocenters. The summed E-state index contributed by atoms with van der Waals surface area (Å²) in [7, 11) is 0. The number of likely N-dealkylation sites (tertiary alicyclic amines) is 1. The number of carboxylic acid groups (broad SMARTS) is 1. The Morgan fingerprint density at radius 1 is 1.57 bits per heavy atom. The second-order valence-corrected chi connectivity index (χ2v) is 3.53. The molecular formula is C8H15NO5. The predicted molar refractivity (Wildman–Crippen MR) is 46.7 cm³/mol. The maximum Gasteiger partial charge on any atom is 0.321 e. The maximum atomic E-state index is 10.7. The van der Waals surface area contributed by atoms with Crippen LogP contribution in [0.25, 0.3) is 0 Å². The van der Waals surface area contributed by atoms with E-state index in [2.05, 4.69) is 0 Å². The minimum atomic E-state index is -1.01. The van der Waals surface area contributed by atoms with Crippen LogP contribution in [-0.2, 0) is 4.79 Å². The van der Waals surface area contributed by atoms with E-state index in [9.17, 15) is 9.90 Å². The van der Waals surface area contributed by atoms with Crippen molar-refractivity contribution in [2.45, 2.75) is 24.7 Å². The molecule has 0 saturated carbocycles. The smallest absolute Gasteiger partial charge is 0.321 e. The summed E-state index contributed by atoms with van der Waals surface area (Å²) in [5.41, 5.74) is 0. The molecule has 4 N–H and O–H groups in total. The minimum Gasteiger partial charge on any atom is -0.480 e. The predicted octanol–water partition coefficient (Wildman–Crippen LogP) is -2.14. The quantitative estimate of drug-likeness (QED) is 0.418. The highest BCUT2D eigenvalue weighted by atomic mass is 16.4. The summed E-state index contributed by atoms with van der Waals surface area (Å²) >= 11 is 0. The van der Waals surface area contributed by atoms with E-state index in [-0.39, 0.29) is 19.5 Å². The van der Waals surface area contributed by atoms with Gasteiger partial charge in [0.15, 0.2) is 0 Å². The third-order valence-corrected chi connectivity index (χ3v) is 2.32. The average Bonchev–Trinajstić information content (AvgIpc) is 2.46. The van der Waals surface area contributed by atoms with Gasteiger partial charge in [0.05, 0.1) is 18.8 Å². The van der Waals surface area contributed by atoms with Crippen molar-refractivity contribution in [2.75, 3.05) is 19.7 Å². The van der Waals surface area contributed by atoms with Crippen molar-refractivity contribution in [3.05, 3.63) is 0 Å². The fraction of sp³-hybridized carbons (Fsp3) is 0.875. The lowest BCUT2D eigenvalue weighted by atomic mass is 10.2. The second kappa shape index (κ2) is 4.70. The second-order valence-electron chi connectivity index (χ2n) is 3.53. The average molecular weight is 205 g/mol. The Balaban J connectivity index is 2.53. The Hall–Kier alpha value is -0.690. The summed E-state index contributed by atoms with van der Waals surface area (Å²) in [6.45, 7) is -0.0997. The lowest BCUT2D eigenvalue weighted by Gasteiger charge is -2.22. The van der Waals surface area contributed by atoms with Crippen LogP contribution in [0.4, 0.5) is 0 Å².